The largest absolute Gasteiger partial charge is 0.295 e. The maximum absolute atomic E-state index is 13.3. The first-order valence-corrected chi connectivity index (χ1v) is 5.81. The van der Waals surface area contributed by atoms with Gasteiger partial charge in [-0.05, 0) is 6.42 Å². The molecule has 0 radical (unpaired) electrons. The zero-order valence-electron chi connectivity index (χ0n) is 10.4. The van der Waals surface area contributed by atoms with Crippen LogP contribution in [0.3, 0.4) is 0 Å². The Morgan fingerprint density at radius 1 is 1.30 bits per heavy atom. The van der Waals surface area contributed by atoms with Crippen molar-refractivity contribution in [3.05, 3.63) is 36.2 Å². The van der Waals surface area contributed by atoms with Gasteiger partial charge in [0.15, 0.2) is 0 Å². The van der Waals surface area contributed by atoms with E-state index in [1.54, 1.807) is 0 Å². The number of nitrogens with zero attached hydrogens (tertiary/aromatic N) is 1. The van der Waals surface area contributed by atoms with E-state index in [1.807, 2.05) is 5.32 Å². The van der Waals surface area contributed by atoms with E-state index >= 15 is 0 Å². The van der Waals surface area contributed by atoms with Gasteiger partial charge in [-0.3, -0.25) is 29.4 Å². The summed E-state index contributed by atoms with van der Waals surface area (Å²) in [6, 6.07) is -1.13. The molecular weight excluding hydrogens is 267 g/mol. The molecule has 2 aliphatic heterocycles. The third-order valence-electron chi connectivity index (χ3n) is 3.15. The number of carbonyl (C=O) groups is 4. The number of halogens is 1. The van der Waals surface area contributed by atoms with Gasteiger partial charge >= 0.3 is 0 Å². The minimum atomic E-state index is -1.13. The molecule has 2 aliphatic rings. The van der Waals surface area contributed by atoms with E-state index in [0.717, 1.165) is 6.08 Å². The van der Waals surface area contributed by atoms with Gasteiger partial charge in [0.2, 0.25) is 11.8 Å². The number of piperidine rings is 1. The Morgan fingerprint density at radius 2 is 1.95 bits per heavy atom. The first-order valence-electron chi connectivity index (χ1n) is 5.81. The van der Waals surface area contributed by atoms with E-state index in [4.69, 9.17) is 0 Å². The maximum atomic E-state index is 13.3. The Hall–Kier alpha value is -2.57. The number of hydrogen-bond donors (Lipinski definition) is 1. The smallest absolute Gasteiger partial charge is 0.265 e. The zero-order chi connectivity index (χ0) is 15.0. The molecule has 1 fully saturated rings. The molecule has 6 nitrogen and oxygen atoms in total. The number of amides is 4. The Labute approximate surface area is 113 Å². The molecule has 1 unspecified atom stereocenters. The lowest BCUT2D eigenvalue weighted by Gasteiger charge is -2.28. The second kappa shape index (κ2) is 4.84. The van der Waals surface area contributed by atoms with Crippen molar-refractivity contribution in [2.45, 2.75) is 18.9 Å². The van der Waals surface area contributed by atoms with Crippen LogP contribution in [0.15, 0.2) is 36.2 Å². The summed E-state index contributed by atoms with van der Waals surface area (Å²) in [7, 11) is 0. The molecule has 0 aromatic rings. The van der Waals surface area contributed by atoms with Crippen LogP contribution in [0, 0.1) is 0 Å². The molecule has 104 valence electrons. The van der Waals surface area contributed by atoms with Gasteiger partial charge in [-0.2, -0.15) is 0 Å². The Morgan fingerprint density at radius 3 is 2.40 bits per heavy atom. The van der Waals surface area contributed by atoms with Crippen molar-refractivity contribution in [2.24, 2.45) is 0 Å². The van der Waals surface area contributed by atoms with E-state index in [1.165, 1.54) is 0 Å². The summed E-state index contributed by atoms with van der Waals surface area (Å²) in [6.07, 6.45) is 1.06. The molecule has 1 saturated heterocycles. The van der Waals surface area contributed by atoms with Crippen molar-refractivity contribution in [2.75, 3.05) is 0 Å². The Kier molecular flexibility index (Phi) is 3.35. The molecular formula is C13H11FN2O4. The van der Waals surface area contributed by atoms with Crippen LogP contribution in [0.4, 0.5) is 4.39 Å². The lowest BCUT2D eigenvalue weighted by atomic mass is 10.0. The maximum Gasteiger partial charge on any atom is 0.265 e. The van der Waals surface area contributed by atoms with E-state index < -0.39 is 41.1 Å². The molecule has 0 saturated carbocycles. The molecule has 20 heavy (non-hydrogen) atoms. The normalized spacial score (nSPS) is 23.2. The number of carbonyl (C=O) groups excluding carboxylic acids is 4. The van der Waals surface area contributed by atoms with Gasteiger partial charge in [0.1, 0.15) is 11.9 Å². The molecule has 7 heteroatoms. The van der Waals surface area contributed by atoms with Crippen LogP contribution in [0.5, 0.6) is 0 Å². The quantitative estimate of drug-likeness (QED) is 0.744. The van der Waals surface area contributed by atoms with E-state index in [-0.39, 0.29) is 18.4 Å². The molecule has 4 amide bonds. The Balaban J connectivity index is 2.37. The highest BCUT2D eigenvalue weighted by atomic mass is 19.1. The van der Waals surface area contributed by atoms with Crippen LogP contribution in [-0.4, -0.2) is 34.6 Å². The molecule has 0 bridgehead atoms. The van der Waals surface area contributed by atoms with Crippen LogP contribution >= 0.6 is 0 Å². The van der Waals surface area contributed by atoms with Gasteiger partial charge in [-0.25, -0.2) is 4.39 Å². The van der Waals surface area contributed by atoms with Gasteiger partial charge in [-0.1, -0.05) is 19.2 Å². The van der Waals surface area contributed by atoms with Gasteiger partial charge in [0, 0.05) is 6.42 Å². The molecule has 2 heterocycles. The molecule has 0 aromatic heterocycles. The predicted octanol–water partition coefficient (Wildman–Crippen LogP) is 0.126. The van der Waals surface area contributed by atoms with Gasteiger partial charge < -0.3 is 0 Å². The highest BCUT2D eigenvalue weighted by Crippen LogP contribution is 2.30. The molecule has 1 atom stereocenters. The van der Waals surface area contributed by atoms with Crippen LogP contribution in [0.25, 0.3) is 0 Å². The summed E-state index contributed by atoms with van der Waals surface area (Å²) < 4.78 is 13.3. The van der Waals surface area contributed by atoms with Gasteiger partial charge in [0.05, 0.1) is 11.1 Å². The van der Waals surface area contributed by atoms with Crippen LogP contribution in [-0.2, 0) is 19.2 Å². The van der Waals surface area contributed by atoms with Gasteiger partial charge in [-0.15, -0.1) is 0 Å². The summed E-state index contributed by atoms with van der Waals surface area (Å²) in [4.78, 5) is 47.6. The fourth-order valence-corrected chi connectivity index (χ4v) is 2.23. The number of imide groups is 2. The lowest BCUT2D eigenvalue weighted by Crippen LogP contribution is -2.54. The highest BCUT2D eigenvalue weighted by Gasteiger charge is 2.46. The van der Waals surface area contributed by atoms with Crippen molar-refractivity contribution in [1.82, 2.24) is 10.2 Å². The number of nitrogens with one attached hydrogen (secondary N) is 1. The summed E-state index contributed by atoms with van der Waals surface area (Å²) in [5, 5.41) is 2.04. The minimum Gasteiger partial charge on any atom is -0.295 e. The molecule has 1 N–H and O–H groups in total. The zero-order valence-corrected chi connectivity index (χ0v) is 10.4. The third kappa shape index (κ3) is 1.97. The fraction of sp³-hybridized carbons (Fsp3) is 0.231. The summed E-state index contributed by atoms with van der Waals surface area (Å²) >= 11 is 0. The molecule has 0 aliphatic carbocycles. The molecule has 2 rings (SSSR count). The van der Waals surface area contributed by atoms with Crippen LogP contribution in [0.1, 0.15) is 12.8 Å². The van der Waals surface area contributed by atoms with Crippen molar-refractivity contribution in [1.29, 1.82) is 0 Å². The molecule has 0 aromatic carbocycles. The third-order valence-corrected chi connectivity index (χ3v) is 3.15. The summed E-state index contributed by atoms with van der Waals surface area (Å²) in [6.45, 7) is 6.35. The number of hydrogen-bond acceptors (Lipinski definition) is 4. The second-order valence-electron chi connectivity index (χ2n) is 4.34. The highest BCUT2D eigenvalue weighted by molar-refractivity contribution is 6.24. The monoisotopic (exact) mass is 278 g/mol. The summed E-state index contributed by atoms with van der Waals surface area (Å²) in [5.74, 6) is -4.04. The van der Waals surface area contributed by atoms with E-state index in [2.05, 4.69) is 13.2 Å². The van der Waals surface area contributed by atoms with E-state index in [9.17, 15) is 23.6 Å². The lowest BCUT2D eigenvalue weighted by molar-refractivity contribution is -0.150. The van der Waals surface area contributed by atoms with E-state index in [0.29, 0.717) is 4.90 Å². The van der Waals surface area contributed by atoms with Crippen LogP contribution < -0.4 is 5.32 Å². The average molecular weight is 278 g/mol. The fourth-order valence-electron chi connectivity index (χ4n) is 2.23. The Bertz CT molecular complexity index is 605. The van der Waals surface area contributed by atoms with Crippen molar-refractivity contribution >= 4 is 23.6 Å². The first kappa shape index (κ1) is 13.9. The minimum absolute atomic E-state index is 0.00277. The topological polar surface area (TPSA) is 83.6 Å². The van der Waals surface area contributed by atoms with Gasteiger partial charge in [0.25, 0.3) is 11.8 Å². The van der Waals surface area contributed by atoms with Crippen molar-refractivity contribution in [3.8, 4) is 0 Å². The average Bonchev–Trinajstić information content (AvgIpc) is 2.61. The van der Waals surface area contributed by atoms with Crippen molar-refractivity contribution < 1.29 is 23.6 Å². The molecule has 0 spiro atoms. The van der Waals surface area contributed by atoms with Crippen molar-refractivity contribution in [3.63, 3.8) is 0 Å². The van der Waals surface area contributed by atoms with Crippen LogP contribution in [0.2, 0.25) is 0 Å². The first-order chi connectivity index (χ1) is 9.38. The SMILES string of the molecule is C=CC1=C(C(=C)F)C(=O)N(C2CCC(=O)NC2=O)C1=O. The number of rotatable bonds is 3. The second-order valence-corrected chi connectivity index (χ2v) is 4.34. The predicted molar refractivity (Wildman–Crippen MR) is 65.5 cm³/mol. The standard InChI is InChI=1S/C13H11FN2O4/c1-3-7-10(6(2)14)13(20)16(12(7)19)8-4-5-9(17)15-11(8)18/h3,8H,1-2,4-5H2,(H,15,17,18). The summed E-state index contributed by atoms with van der Waals surface area (Å²) in [5.41, 5.74) is -0.720.